The fourth-order valence-corrected chi connectivity index (χ4v) is 2.20. The Morgan fingerprint density at radius 1 is 0.667 bits per heavy atom. The highest BCUT2D eigenvalue weighted by Gasteiger charge is 2.13. The van der Waals surface area contributed by atoms with Gasteiger partial charge < -0.3 is 9.47 Å². The average molecular weight is 456 g/mol. The SMILES string of the molecule is O=C(COC(=O)c1ccc(Br)cc1)COC(=O)c1ccc(Br)cc1. The molecule has 7 heteroatoms. The number of Topliss-reactive ketones (excluding diaryl/α,β-unsaturated/α-hetero) is 1. The number of benzene rings is 2. The zero-order valence-electron chi connectivity index (χ0n) is 12.3. The molecule has 0 aromatic heterocycles. The molecule has 2 aromatic rings. The van der Waals surface area contributed by atoms with Gasteiger partial charge in [0.2, 0.25) is 5.78 Å². The molecule has 24 heavy (non-hydrogen) atoms. The summed E-state index contributed by atoms with van der Waals surface area (Å²) in [6, 6.07) is 13.1. The molecule has 0 atom stereocenters. The Balaban J connectivity index is 1.77. The number of carbonyl (C=O) groups excluding carboxylic acids is 3. The van der Waals surface area contributed by atoms with Crippen LogP contribution < -0.4 is 0 Å². The molecule has 124 valence electrons. The topological polar surface area (TPSA) is 69.7 Å². The van der Waals surface area contributed by atoms with E-state index < -0.39 is 30.9 Å². The fraction of sp³-hybridized carbons (Fsp3) is 0.118. The predicted octanol–water partition coefficient (Wildman–Crippen LogP) is 3.79. The number of hydrogen-bond donors (Lipinski definition) is 0. The molecule has 0 aliphatic heterocycles. The van der Waals surface area contributed by atoms with E-state index in [0.717, 1.165) is 8.95 Å². The zero-order chi connectivity index (χ0) is 17.5. The quantitative estimate of drug-likeness (QED) is 0.619. The summed E-state index contributed by atoms with van der Waals surface area (Å²) in [5, 5.41) is 0. The van der Waals surface area contributed by atoms with Crippen LogP contribution in [0.4, 0.5) is 0 Å². The summed E-state index contributed by atoms with van der Waals surface area (Å²) < 4.78 is 11.4. The van der Waals surface area contributed by atoms with Crippen LogP contribution in [-0.2, 0) is 14.3 Å². The zero-order valence-corrected chi connectivity index (χ0v) is 15.5. The second kappa shape index (κ2) is 8.75. The minimum absolute atomic E-state index is 0.331. The number of ketones is 1. The van der Waals surface area contributed by atoms with Gasteiger partial charge in [0.05, 0.1) is 11.1 Å². The maximum absolute atomic E-state index is 11.7. The Kier molecular flexibility index (Phi) is 6.69. The first kappa shape index (κ1) is 18.4. The second-order valence-electron chi connectivity index (χ2n) is 4.70. The summed E-state index contributed by atoms with van der Waals surface area (Å²) in [4.78, 5) is 35.2. The number of halogens is 2. The van der Waals surface area contributed by atoms with Crippen LogP contribution in [0, 0.1) is 0 Å². The standard InChI is InChI=1S/C17H12Br2O5/c18-13-5-1-11(2-6-13)16(21)23-9-15(20)10-24-17(22)12-3-7-14(19)8-4-12/h1-8H,9-10H2. The first-order chi connectivity index (χ1) is 11.5. The number of hydrogen-bond acceptors (Lipinski definition) is 5. The predicted molar refractivity (Wildman–Crippen MR) is 93.9 cm³/mol. The fourth-order valence-electron chi connectivity index (χ4n) is 1.67. The number of esters is 2. The van der Waals surface area contributed by atoms with E-state index in [1.54, 1.807) is 48.5 Å². The van der Waals surface area contributed by atoms with Gasteiger partial charge in [-0.3, -0.25) is 4.79 Å². The van der Waals surface area contributed by atoms with E-state index in [-0.39, 0.29) is 0 Å². The molecule has 0 aliphatic carbocycles. The van der Waals surface area contributed by atoms with Crippen molar-refractivity contribution >= 4 is 49.6 Å². The maximum atomic E-state index is 11.7. The number of carbonyl (C=O) groups is 3. The third-order valence-corrected chi connectivity index (χ3v) is 3.95. The summed E-state index contributed by atoms with van der Waals surface area (Å²) >= 11 is 6.51. The molecule has 0 N–H and O–H groups in total. The maximum Gasteiger partial charge on any atom is 0.338 e. The van der Waals surface area contributed by atoms with Crippen molar-refractivity contribution in [3.63, 3.8) is 0 Å². The van der Waals surface area contributed by atoms with Gasteiger partial charge in [0, 0.05) is 8.95 Å². The van der Waals surface area contributed by atoms with Gasteiger partial charge >= 0.3 is 11.9 Å². The van der Waals surface area contributed by atoms with Gasteiger partial charge in [-0.2, -0.15) is 0 Å². The Labute approximate surface area is 155 Å². The molecule has 0 saturated carbocycles. The van der Waals surface area contributed by atoms with E-state index in [1.807, 2.05) is 0 Å². The molecule has 0 bridgehead atoms. The third-order valence-electron chi connectivity index (χ3n) is 2.89. The van der Waals surface area contributed by atoms with Crippen LogP contribution in [0.2, 0.25) is 0 Å². The first-order valence-corrected chi connectivity index (χ1v) is 8.41. The van der Waals surface area contributed by atoms with Crippen molar-refractivity contribution in [3.8, 4) is 0 Å². The molecule has 2 rings (SSSR count). The van der Waals surface area contributed by atoms with Crippen molar-refractivity contribution in [2.24, 2.45) is 0 Å². The van der Waals surface area contributed by atoms with Crippen LogP contribution >= 0.6 is 31.9 Å². The van der Waals surface area contributed by atoms with Crippen LogP contribution in [0.5, 0.6) is 0 Å². The summed E-state index contributed by atoms with van der Waals surface area (Å²) in [7, 11) is 0. The molecular formula is C17H12Br2O5. The van der Waals surface area contributed by atoms with Gasteiger partial charge in [-0.1, -0.05) is 31.9 Å². The van der Waals surface area contributed by atoms with E-state index in [1.165, 1.54) is 0 Å². The van der Waals surface area contributed by atoms with Crippen molar-refractivity contribution in [2.45, 2.75) is 0 Å². The molecule has 0 amide bonds. The van der Waals surface area contributed by atoms with Crippen LogP contribution in [0.1, 0.15) is 20.7 Å². The third kappa shape index (κ3) is 5.58. The van der Waals surface area contributed by atoms with E-state index in [4.69, 9.17) is 9.47 Å². The lowest BCUT2D eigenvalue weighted by molar-refractivity contribution is -0.125. The monoisotopic (exact) mass is 454 g/mol. The average Bonchev–Trinajstić information content (AvgIpc) is 2.58. The molecule has 0 heterocycles. The minimum Gasteiger partial charge on any atom is -0.454 e. The summed E-state index contributed by atoms with van der Waals surface area (Å²) in [6.07, 6.45) is 0. The Hall–Kier alpha value is -1.99. The van der Waals surface area contributed by atoms with Gasteiger partial charge in [-0.05, 0) is 48.5 Å². The van der Waals surface area contributed by atoms with Crippen molar-refractivity contribution in [3.05, 3.63) is 68.6 Å². The van der Waals surface area contributed by atoms with Crippen molar-refractivity contribution in [2.75, 3.05) is 13.2 Å². The van der Waals surface area contributed by atoms with E-state index in [9.17, 15) is 14.4 Å². The molecule has 5 nitrogen and oxygen atoms in total. The van der Waals surface area contributed by atoms with Crippen molar-refractivity contribution in [1.82, 2.24) is 0 Å². The normalized spacial score (nSPS) is 10.1. The molecule has 2 aromatic carbocycles. The van der Waals surface area contributed by atoms with Crippen molar-refractivity contribution < 1.29 is 23.9 Å². The van der Waals surface area contributed by atoms with Crippen LogP contribution in [-0.4, -0.2) is 30.9 Å². The Bertz CT molecular complexity index is 675. The van der Waals surface area contributed by atoms with E-state index in [0.29, 0.717) is 11.1 Å². The van der Waals surface area contributed by atoms with Gasteiger partial charge in [0.1, 0.15) is 0 Å². The number of ether oxygens (including phenoxy) is 2. The van der Waals surface area contributed by atoms with E-state index in [2.05, 4.69) is 31.9 Å². The summed E-state index contributed by atoms with van der Waals surface area (Å²) in [5.74, 6) is -1.74. The summed E-state index contributed by atoms with van der Waals surface area (Å²) in [6.45, 7) is -0.912. The number of rotatable bonds is 6. The van der Waals surface area contributed by atoms with Gasteiger partial charge in [0.15, 0.2) is 13.2 Å². The second-order valence-corrected chi connectivity index (χ2v) is 6.54. The highest BCUT2D eigenvalue weighted by atomic mass is 79.9. The molecule has 0 aliphatic rings. The Morgan fingerprint density at radius 3 is 1.33 bits per heavy atom. The lowest BCUT2D eigenvalue weighted by atomic mass is 10.2. The van der Waals surface area contributed by atoms with Crippen LogP contribution in [0.15, 0.2) is 57.5 Å². The summed E-state index contributed by atoms with van der Waals surface area (Å²) in [5.41, 5.74) is 0.663. The molecule has 0 fully saturated rings. The smallest absolute Gasteiger partial charge is 0.338 e. The largest absolute Gasteiger partial charge is 0.454 e. The molecular weight excluding hydrogens is 444 g/mol. The van der Waals surface area contributed by atoms with Crippen LogP contribution in [0.3, 0.4) is 0 Å². The Morgan fingerprint density at radius 2 is 1.00 bits per heavy atom. The first-order valence-electron chi connectivity index (χ1n) is 6.83. The molecule has 0 saturated heterocycles. The van der Waals surface area contributed by atoms with Crippen LogP contribution in [0.25, 0.3) is 0 Å². The minimum atomic E-state index is -0.616. The molecule has 0 unspecified atom stereocenters. The highest BCUT2D eigenvalue weighted by Crippen LogP contribution is 2.12. The van der Waals surface area contributed by atoms with Gasteiger partial charge in [-0.15, -0.1) is 0 Å². The van der Waals surface area contributed by atoms with E-state index >= 15 is 0 Å². The molecule has 0 radical (unpaired) electrons. The lowest BCUT2D eigenvalue weighted by Crippen LogP contribution is -2.20. The van der Waals surface area contributed by atoms with Gasteiger partial charge in [-0.25, -0.2) is 9.59 Å². The molecule has 0 spiro atoms. The lowest BCUT2D eigenvalue weighted by Gasteiger charge is -2.06. The van der Waals surface area contributed by atoms with Gasteiger partial charge in [0.25, 0.3) is 0 Å². The highest BCUT2D eigenvalue weighted by molar-refractivity contribution is 9.10. The van der Waals surface area contributed by atoms with Crippen molar-refractivity contribution in [1.29, 1.82) is 0 Å².